The van der Waals surface area contributed by atoms with Crippen molar-refractivity contribution in [2.45, 2.75) is 19.4 Å². The molecule has 0 saturated carbocycles. The second-order valence-corrected chi connectivity index (χ2v) is 4.42. The van der Waals surface area contributed by atoms with Gasteiger partial charge in [0.1, 0.15) is 0 Å². The number of benzene rings is 1. The number of rotatable bonds is 6. The van der Waals surface area contributed by atoms with Gasteiger partial charge in [-0.3, -0.25) is 0 Å². The summed E-state index contributed by atoms with van der Waals surface area (Å²) in [6, 6.07) is 7.37. The zero-order valence-electron chi connectivity index (χ0n) is 9.66. The van der Waals surface area contributed by atoms with E-state index < -0.39 is 5.54 Å². The number of aliphatic hydroxyl groups is 1. The number of nitrogens with one attached hydrogen (secondary N) is 1. The monoisotopic (exact) mass is 243 g/mol. The Hall–Kier alpha value is -0.770. The van der Waals surface area contributed by atoms with Crippen LogP contribution in [0.5, 0.6) is 0 Å². The summed E-state index contributed by atoms with van der Waals surface area (Å²) in [5.74, 6) is 0. The van der Waals surface area contributed by atoms with E-state index in [0.29, 0.717) is 18.2 Å². The molecule has 1 aromatic rings. The molecule has 0 amide bonds. The average molecular weight is 244 g/mol. The van der Waals surface area contributed by atoms with Crippen molar-refractivity contribution in [3.05, 3.63) is 29.3 Å². The SMILES string of the molecule is CCOCC(C)(CO)Nc1ccc(Cl)cc1. The van der Waals surface area contributed by atoms with Gasteiger partial charge in [-0.15, -0.1) is 0 Å². The first-order valence-electron chi connectivity index (χ1n) is 5.32. The summed E-state index contributed by atoms with van der Waals surface area (Å²) >= 11 is 5.80. The fourth-order valence-electron chi connectivity index (χ4n) is 1.33. The lowest BCUT2D eigenvalue weighted by Gasteiger charge is -2.29. The van der Waals surface area contributed by atoms with Crippen LogP contribution >= 0.6 is 11.6 Å². The van der Waals surface area contributed by atoms with E-state index in [1.807, 2.05) is 38.1 Å². The molecule has 0 fully saturated rings. The molecule has 0 bridgehead atoms. The predicted octanol–water partition coefficient (Wildman–Crippen LogP) is 2.54. The van der Waals surface area contributed by atoms with E-state index in [1.54, 1.807) is 0 Å². The van der Waals surface area contributed by atoms with E-state index in [2.05, 4.69) is 5.32 Å². The van der Waals surface area contributed by atoms with Gasteiger partial charge in [-0.1, -0.05) is 11.6 Å². The summed E-state index contributed by atoms with van der Waals surface area (Å²) in [5.41, 5.74) is 0.449. The second kappa shape index (κ2) is 6.09. The molecule has 0 saturated heterocycles. The van der Waals surface area contributed by atoms with Gasteiger partial charge in [-0.05, 0) is 38.1 Å². The molecule has 1 atom stereocenters. The van der Waals surface area contributed by atoms with Crippen molar-refractivity contribution in [3.8, 4) is 0 Å². The Balaban J connectivity index is 2.64. The summed E-state index contributed by atoms with van der Waals surface area (Å²) in [6.07, 6.45) is 0. The van der Waals surface area contributed by atoms with Gasteiger partial charge in [0.2, 0.25) is 0 Å². The van der Waals surface area contributed by atoms with Crippen molar-refractivity contribution in [1.82, 2.24) is 0 Å². The largest absolute Gasteiger partial charge is 0.394 e. The summed E-state index contributed by atoms with van der Waals surface area (Å²) in [7, 11) is 0. The summed E-state index contributed by atoms with van der Waals surface area (Å²) in [6.45, 7) is 4.95. The van der Waals surface area contributed by atoms with Gasteiger partial charge in [-0.25, -0.2) is 0 Å². The molecule has 1 rings (SSSR count). The van der Waals surface area contributed by atoms with Crippen molar-refractivity contribution in [3.63, 3.8) is 0 Å². The molecule has 90 valence electrons. The third-order valence-electron chi connectivity index (χ3n) is 2.26. The van der Waals surface area contributed by atoms with Crippen LogP contribution in [-0.2, 0) is 4.74 Å². The molecule has 0 radical (unpaired) electrons. The van der Waals surface area contributed by atoms with Crippen LogP contribution < -0.4 is 5.32 Å². The minimum atomic E-state index is -0.468. The molecule has 0 heterocycles. The number of hydrogen-bond acceptors (Lipinski definition) is 3. The fourth-order valence-corrected chi connectivity index (χ4v) is 1.46. The van der Waals surface area contributed by atoms with E-state index in [1.165, 1.54) is 0 Å². The number of anilines is 1. The number of hydrogen-bond donors (Lipinski definition) is 2. The van der Waals surface area contributed by atoms with Crippen LogP contribution in [-0.4, -0.2) is 30.5 Å². The highest BCUT2D eigenvalue weighted by Gasteiger charge is 2.23. The molecular formula is C12H18ClNO2. The van der Waals surface area contributed by atoms with Crippen molar-refractivity contribution in [2.75, 3.05) is 25.1 Å². The van der Waals surface area contributed by atoms with Crippen molar-refractivity contribution in [2.24, 2.45) is 0 Å². The van der Waals surface area contributed by atoms with Crippen molar-refractivity contribution >= 4 is 17.3 Å². The maximum absolute atomic E-state index is 9.36. The predicted molar refractivity (Wildman–Crippen MR) is 67.1 cm³/mol. The first-order valence-corrected chi connectivity index (χ1v) is 5.70. The molecule has 0 aliphatic carbocycles. The number of halogens is 1. The van der Waals surface area contributed by atoms with Crippen LogP contribution in [0.15, 0.2) is 24.3 Å². The Labute approximate surface area is 101 Å². The Bertz CT molecular complexity index is 315. The third-order valence-corrected chi connectivity index (χ3v) is 2.52. The third kappa shape index (κ3) is 4.00. The zero-order chi connectivity index (χ0) is 12.0. The first-order chi connectivity index (χ1) is 7.59. The van der Waals surface area contributed by atoms with Crippen LogP contribution in [0, 0.1) is 0 Å². The summed E-state index contributed by atoms with van der Waals surface area (Å²) in [5, 5.41) is 13.3. The minimum Gasteiger partial charge on any atom is -0.394 e. The normalized spacial score (nSPS) is 14.5. The minimum absolute atomic E-state index is 0.00955. The van der Waals surface area contributed by atoms with Crippen LogP contribution in [0.25, 0.3) is 0 Å². The van der Waals surface area contributed by atoms with Gasteiger partial charge in [0.25, 0.3) is 0 Å². The lowest BCUT2D eigenvalue weighted by molar-refractivity contribution is 0.0797. The second-order valence-electron chi connectivity index (χ2n) is 3.99. The van der Waals surface area contributed by atoms with Crippen LogP contribution in [0.1, 0.15) is 13.8 Å². The van der Waals surface area contributed by atoms with Gasteiger partial charge in [0.05, 0.1) is 18.8 Å². The van der Waals surface area contributed by atoms with Crippen molar-refractivity contribution in [1.29, 1.82) is 0 Å². The molecule has 4 heteroatoms. The average Bonchev–Trinajstić information content (AvgIpc) is 2.30. The first kappa shape index (κ1) is 13.3. The molecule has 0 spiro atoms. The summed E-state index contributed by atoms with van der Waals surface area (Å²) < 4.78 is 5.34. The van der Waals surface area contributed by atoms with E-state index in [4.69, 9.17) is 16.3 Å². The van der Waals surface area contributed by atoms with E-state index in [0.717, 1.165) is 5.69 Å². The van der Waals surface area contributed by atoms with E-state index >= 15 is 0 Å². The van der Waals surface area contributed by atoms with E-state index in [9.17, 15) is 5.11 Å². The zero-order valence-corrected chi connectivity index (χ0v) is 10.4. The van der Waals surface area contributed by atoms with Gasteiger partial charge < -0.3 is 15.2 Å². The van der Waals surface area contributed by atoms with Gasteiger partial charge in [0, 0.05) is 17.3 Å². The molecule has 16 heavy (non-hydrogen) atoms. The summed E-state index contributed by atoms with van der Waals surface area (Å²) in [4.78, 5) is 0. The molecule has 0 aliphatic heterocycles. The number of ether oxygens (including phenoxy) is 1. The molecule has 3 nitrogen and oxygen atoms in total. The van der Waals surface area contributed by atoms with Crippen LogP contribution in [0.2, 0.25) is 5.02 Å². The molecule has 1 unspecified atom stereocenters. The van der Waals surface area contributed by atoms with Crippen LogP contribution in [0.4, 0.5) is 5.69 Å². The highest BCUT2D eigenvalue weighted by molar-refractivity contribution is 6.30. The Morgan fingerprint density at radius 1 is 1.38 bits per heavy atom. The van der Waals surface area contributed by atoms with Crippen LogP contribution in [0.3, 0.4) is 0 Å². The topological polar surface area (TPSA) is 41.5 Å². The lowest BCUT2D eigenvalue weighted by atomic mass is 10.0. The fraction of sp³-hybridized carbons (Fsp3) is 0.500. The number of aliphatic hydroxyl groups excluding tert-OH is 1. The molecule has 0 aliphatic rings. The van der Waals surface area contributed by atoms with Gasteiger partial charge in [-0.2, -0.15) is 0 Å². The maximum Gasteiger partial charge on any atom is 0.0809 e. The Morgan fingerprint density at radius 2 is 2.00 bits per heavy atom. The lowest BCUT2D eigenvalue weighted by Crippen LogP contribution is -2.43. The highest BCUT2D eigenvalue weighted by Crippen LogP contribution is 2.18. The molecule has 2 N–H and O–H groups in total. The van der Waals surface area contributed by atoms with Crippen molar-refractivity contribution < 1.29 is 9.84 Å². The standard InChI is InChI=1S/C12H18ClNO2/c1-3-16-9-12(2,8-15)14-11-6-4-10(13)5-7-11/h4-7,14-15H,3,8-9H2,1-2H3. The van der Waals surface area contributed by atoms with Gasteiger partial charge in [0.15, 0.2) is 0 Å². The highest BCUT2D eigenvalue weighted by atomic mass is 35.5. The maximum atomic E-state index is 9.36. The van der Waals surface area contributed by atoms with Gasteiger partial charge >= 0.3 is 0 Å². The van der Waals surface area contributed by atoms with E-state index in [-0.39, 0.29) is 6.61 Å². The molecular weight excluding hydrogens is 226 g/mol. The quantitative estimate of drug-likeness (QED) is 0.807. The Morgan fingerprint density at radius 3 is 2.50 bits per heavy atom. The smallest absolute Gasteiger partial charge is 0.0809 e. The Kier molecular flexibility index (Phi) is 5.06. The molecule has 1 aromatic carbocycles. The molecule has 0 aromatic heterocycles.